The third-order valence-electron chi connectivity index (χ3n) is 2.04. The minimum Gasteiger partial charge on any atom is -0.149 e. The van der Waals surface area contributed by atoms with Crippen LogP contribution in [0.15, 0.2) is 36.4 Å². The van der Waals surface area contributed by atoms with Crippen molar-refractivity contribution in [3.05, 3.63) is 42.0 Å². The summed E-state index contributed by atoms with van der Waals surface area (Å²) < 4.78 is 0. The summed E-state index contributed by atoms with van der Waals surface area (Å²) in [6.45, 7) is 2.27. The largest absolute Gasteiger partial charge is 0.149 e. The second-order valence-corrected chi connectivity index (χ2v) is 4.64. The van der Waals surface area contributed by atoms with Gasteiger partial charge in [-0.15, -0.1) is 11.8 Å². The van der Waals surface area contributed by atoms with E-state index in [1.807, 2.05) is 17.8 Å². The summed E-state index contributed by atoms with van der Waals surface area (Å²) in [4.78, 5) is 0. The Morgan fingerprint density at radius 2 is 1.92 bits per heavy atom. The lowest BCUT2D eigenvalue weighted by Crippen LogP contribution is -1.80. The molecule has 1 aliphatic heterocycles. The maximum Gasteiger partial charge on any atom is 0.0350 e. The van der Waals surface area contributed by atoms with E-state index in [1.54, 1.807) is 0 Å². The summed E-state index contributed by atoms with van der Waals surface area (Å²) in [7, 11) is 0. The van der Waals surface area contributed by atoms with Gasteiger partial charge in [0.1, 0.15) is 0 Å². The Hall–Kier alpha value is -0.690. The normalized spacial score (nSPS) is 27.8. The van der Waals surface area contributed by atoms with Gasteiger partial charge in [0.15, 0.2) is 0 Å². The Bertz CT molecular complexity index is 276. The Morgan fingerprint density at radius 3 is 2.50 bits per heavy atom. The highest BCUT2D eigenvalue weighted by molar-refractivity contribution is 8.07. The molecule has 2 rings (SSSR count). The third kappa shape index (κ3) is 1.92. The van der Waals surface area contributed by atoms with Crippen LogP contribution in [-0.4, -0.2) is 10.5 Å². The van der Waals surface area contributed by atoms with Gasteiger partial charge in [0.25, 0.3) is 0 Å². The van der Waals surface area contributed by atoms with E-state index in [9.17, 15) is 0 Å². The van der Waals surface area contributed by atoms with Crippen molar-refractivity contribution in [1.82, 2.24) is 0 Å². The molecular weight excluding hydrogens is 164 g/mol. The Kier molecular flexibility index (Phi) is 2.22. The van der Waals surface area contributed by atoms with Crippen molar-refractivity contribution in [2.24, 2.45) is 0 Å². The first-order chi connectivity index (χ1) is 5.86. The van der Waals surface area contributed by atoms with Crippen molar-refractivity contribution in [2.75, 3.05) is 0 Å². The van der Waals surface area contributed by atoms with Crippen molar-refractivity contribution in [3.63, 3.8) is 0 Å². The summed E-state index contributed by atoms with van der Waals surface area (Å²) in [6, 6.07) is 10.5. The fourth-order valence-corrected chi connectivity index (χ4v) is 1.84. The van der Waals surface area contributed by atoms with Gasteiger partial charge >= 0.3 is 0 Å². The predicted molar refractivity (Wildman–Crippen MR) is 56.3 cm³/mol. The molecule has 1 fully saturated rings. The molecule has 1 aromatic carbocycles. The standard InChI is InChI=1S/C11H12S/c1-9-11(12-9)8-7-10-5-3-2-4-6-10/h2-9,11H,1H3/b8-7+. The molecule has 62 valence electrons. The smallest absolute Gasteiger partial charge is 0.0350 e. The molecule has 0 aliphatic carbocycles. The minimum atomic E-state index is 0.769. The summed E-state index contributed by atoms with van der Waals surface area (Å²) in [5.74, 6) is 0. The van der Waals surface area contributed by atoms with E-state index in [2.05, 4.69) is 43.3 Å². The number of hydrogen-bond acceptors (Lipinski definition) is 1. The highest BCUT2D eigenvalue weighted by atomic mass is 32.2. The summed E-state index contributed by atoms with van der Waals surface area (Å²) in [5, 5.41) is 1.61. The number of hydrogen-bond donors (Lipinski definition) is 0. The highest BCUT2D eigenvalue weighted by Gasteiger charge is 2.30. The van der Waals surface area contributed by atoms with E-state index in [0.29, 0.717) is 0 Å². The molecule has 1 heterocycles. The molecule has 0 saturated carbocycles. The van der Waals surface area contributed by atoms with Crippen molar-refractivity contribution < 1.29 is 0 Å². The van der Waals surface area contributed by atoms with Crippen LogP contribution < -0.4 is 0 Å². The maximum atomic E-state index is 2.30. The van der Waals surface area contributed by atoms with Crippen LogP contribution in [0.5, 0.6) is 0 Å². The summed E-state index contributed by atoms with van der Waals surface area (Å²) >= 11 is 2.02. The van der Waals surface area contributed by atoms with E-state index in [0.717, 1.165) is 10.5 Å². The number of rotatable bonds is 2. The molecule has 2 atom stereocenters. The lowest BCUT2D eigenvalue weighted by atomic mass is 10.2. The van der Waals surface area contributed by atoms with E-state index in [-0.39, 0.29) is 0 Å². The summed E-state index contributed by atoms with van der Waals surface area (Å²) in [5.41, 5.74) is 1.30. The topological polar surface area (TPSA) is 0 Å². The zero-order valence-electron chi connectivity index (χ0n) is 7.10. The molecule has 0 nitrogen and oxygen atoms in total. The maximum absolute atomic E-state index is 2.30. The zero-order valence-corrected chi connectivity index (χ0v) is 7.92. The van der Waals surface area contributed by atoms with Crippen molar-refractivity contribution in [1.29, 1.82) is 0 Å². The third-order valence-corrected chi connectivity index (χ3v) is 3.32. The van der Waals surface area contributed by atoms with Crippen LogP contribution in [0, 0.1) is 0 Å². The molecule has 1 aromatic rings. The van der Waals surface area contributed by atoms with Crippen LogP contribution in [0.1, 0.15) is 12.5 Å². The predicted octanol–water partition coefficient (Wildman–Crippen LogP) is 3.20. The van der Waals surface area contributed by atoms with Crippen molar-refractivity contribution in [2.45, 2.75) is 17.4 Å². The van der Waals surface area contributed by atoms with Gasteiger partial charge in [-0.25, -0.2) is 0 Å². The van der Waals surface area contributed by atoms with Gasteiger partial charge in [0, 0.05) is 10.5 Å². The molecule has 1 aliphatic rings. The van der Waals surface area contributed by atoms with Crippen LogP contribution in [0.25, 0.3) is 6.08 Å². The first-order valence-electron chi connectivity index (χ1n) is 4.25. The first kappa shape index (κ1) is 7.93. The first-order valence-corrected chi connectivity index (χ1v) is 5.19. The van der Waals surface area contributed by atoms with E-state index in [1.165, 1.54) is 5.56 Å². The van der Waals surface area contributed by atoms with Gasteiger partial charge in [-0.05, 0) is 5.56 Å². The molecule has 2 unspecified atom stereocenters. The Balaban J connectivity index is 1.99. The highest BCUT2D eigenvalue weighted by Crippen LogP contribution is 2.41. The van der Waals surface area contributed by atoms with Gasteiger partial charge in [-0.1, -0.05) is 49.4 Å². The van der Waals surface area contributed by atoms with Gasteiger partial charge in [0.2, 0.25) is 0 Å². The van der Waals surface area contributed by atoms with E-state index < -0.39 is 0 Å². The fraction of sp³-hybridized carbons (Fsp3) is 0.273. The van der Waals surface area contributed by atoms with Gasteiger partial charge in [0.05, 0.1) is 0 Å². The van der Waals surface area contributed by atoms with Crippen molar-refractivity contribution in [3.8, 4) is 0 Å². The molecule has 0 bridgehead atoms. The quantitative estimate of drug-likeness (QED) is 0.623. The van der Waals surface area contributed by atoms with Gasteiger partial charge in [-0.3, -0.25) is 0 Å². The molecule has 0 radical (unpaired) electrons. The van der Waals surface area contributed by atoms with Crippen LogP contribution in [0.4, 0.5) is 0 Å². The summed E-state index contributed by atoms with van der Waals surface area (Å²) in [6.07, 6.45) is 4.51. The van der Waals surface area contributed by atoms with Crippen LogP contribution in [0.3, 0.4) is 0 Å². The molecule has 0 aromatic heterocycles. The van der Waals surface area contributed by atoms with Crippen molar-refractivity contribution >= 4 is 17.8 Å². The van der Waals surface area contributed by atoms with E-state index in [4.69, 9.17) is 0 Å². The Morgan fingerprint density at radius 1 is 1.25 bits per heavy atom. The molecular formula is C11H12S. The Labute approximate surface area is 77.7 Å². The molecule has 12 heavy (non-hydrogen) atoms. The zero-order chi connectivity index (χ0) is 8.39. The SMILES string of the molecule is CC1SC1/C=C/c1ccccc1. The van der Waals surface area contributed by atoms with Crippen LogP contribution in [-0.2, 0) is 0 Å². The average Bonchev–Trinajstić information content (AvgIpc) is 2.81. The van der Waals surface area contributed by atoms with Crippen LogP contribution >= 0.6 is 11.8 Å². The second kappa shape index (κ2) is 3.36. The molecule has 1 heteroatoms. The average molecular weight is 176 g/mol. The number of benzene rings is 1. The van der Waals surface area contributed by atoms with Gasteiger partial charge < -0.3 is 0 Å². The van der Waals surface area contributed by atoms with Crippen LogP contribution in [0.2, 0.25) is 0 Å². The second-order valence-electron chi connectivity index (χ2n) is 3.08. The fourth-order valence-electron chi connectivity index (χ4n) is 1.17. The molecule has 0 amide bonds. The van der Waals surface area contributed by atoms with E-state index >= 15 is 0 Å². The number of thioether (sulfide) groups is 1. The molecule has 0 N–H and O–H groups in total. The minimum absolute atomic E-state index is 0.769. The lowest BCUT2D eigenvalue weighted by Gasteiger charge is -1.89. The molecule has 0 spiro atoms. The molecule has 1 saturated heterocycles. The monoisotopic (exact) mass is 176 g/mol. The lowest BCUT2D eigenvalue weighted by molar-refractivity contribution is 1.13. The van der Waals surface area contributed by atoms with Gasteiger partial charge in [-0.2, -0.15) is 0 Å².